The van der Waals surface area contributed by atoms with Crippen LogP contribution in [0.4, 0.5) is 0 Å². The molecule has 27 heavy (non-hydrogen) atoms. The van der Waals surface area contributed by atoms with Crippen molar-refractivity contribution in [2.24, 2.45) is 0 Å². The van der Waals surface area contributed by atoms with Crippen molar-refractivity contribution in [2.45, 2.75) is 20.8 Å². The Morgan fingerprint density at radius 1 is 0.889 bits per heavy atom. The Bertz CT molecular complexity index is 1180. The molecule has 0 N–H and O–H groups in total. The zero-order chi connectivity index (χ0) is 19.0. The summed E-state index contributed by atoms with van der Waals surface area (Å²) in [4.78, 5) is 20.8. The highest BCUT2D eigenvalue weighted by Gasteiger charge is 2.14. The van der Waals surface area contributed by atoms with E-state index < -0.39 is 5.63 Å². The number of ether oxygens (including phenoxy) is 1. The molecule has 5 nitrogen and oxygen atoms in total. The Hall–Kier alpha value is -3.47. The van der Waals surface area contributed by atoms with Crippen LogP contribution in [0.2, 0.25) is 0 Å². The second kappa shape index (κ2) is 6.68. The van der Waals surface area contributed by atoms with Crippen molar-refractivity contribution in [2.75, 3.05) is 0 Å². The largest absolute Gasteiger partial charge is 0.424 e. The van der Waals surface area contributed by atoms with Crippen LogP contribution in [0, 0.1) is 20.8 Å². The third-order valence-corrected chi connectivity index (χ3v) is 4.36. The van der Waals surface area contributed by atoms with Crippen LogP contribution in [0.1, 0.15) is 17.0 Å². The van der Waals surface area contributed by atoms with Crippen molar-refractivity contribution in [1.82, 2.24) is 9.97 Å². The van der Waals surface area contributed by atoms with Gasteiger partial charge in [0.25, 0.3) is 0 Å². The van der Waals surface area contributed by atoms with Crippen LogP contribution < -0.4 is 10.4 Å². The van der Waals surface area contributed by atoms with E-state index in [2.05, 4.69) is 9.97 Å². The fourth-order valence-corrected chi connectivity index (χ4v) is 3.15. The smallest absolute Gasteiger partial charge is 0.336 e. The molecule has 0 atom stereocenters. The van der Waals surface area contributed by atoms with Gasteiger partial charge in [0.2, 0.25) is 0 Å². The van der Waals surface area contributed by atoms with Crippen LogP contribution in [0.25, 0.3) is 22.1 Å². The molecule has 0 unspecified atom stereocenters. The van der Waals surface area contributed by atoms with Gasteiger partial charge in [-0.15, -0.1) is 0 Å². The molecule has 0 fully saturated rings. The van der Waals surface area contributed by atoms with E-state index in [-0.39, 0.29) is 6.01 Å². The highest BCUT2D eigenvalue weighted by Crippen LogP contribution is 2.34. The Morgan fingerprint density at radius 3 is 2.30 bits per heavy atom. The quantitative estimate of drug-likeness (QED) is 0.484. The monoisotopic (exact) mass is 358 g/mol. The number of aryl methyl sites for hydroxylation is 3. The SMILES string of the molecule is Cc1cc(C)nc(Oc2ccc3c(-c4ccccc4)cc(=O)oc3c2C)n1. The average Bonchev–Trinajstić information content (AvgIpc) is 2.64. The summed E-state index contributed by atoms with van der Waals surface area (Å²) in [5, 5.41) is 0.854. The minimum Gasteiger partial charge on any atom is -0.424 e. The molecule has 2 aromatic carbocycles. The van der Waals surface area contributed by atoms with E-state index in [0.717, 1.165) is 33.5 Å². The fourth-order valence-electron chi connectivity index (χ4n) is 3.15. The van der Waals surface area contributed by atoms with E-state index in [1.165, 1.54) is 6.07 Å². The molecular weight excluding hydrogens is 340 g/mol. The van der Waals surface area contributed by atoms with Crippen molar-refractivity contribution < 1.29 is 9.15 Å². The van der Waals surface area contributed by atoms with E-state index in [1.54, 1.807) is 0 Å². The third-order valence-electron chi connectivity index (χ3n) is 4.36. The van der Waals surface area contributed by atoms with Crippen LogP contribution in [-0.2, 0) is 0 Å². The number of rotatable bonds is 3. The van der Waals surface area contributed by atoms with Crippen molar-refractivity contribution in [3.63, 3.8) is 0 Å². The van der Waals surface area contributed by atoms with Crippen LogP contribution in [0.3, 0.4) is 0 Å². The van der Waals surface area contributed by atoms with Crippen molar-refractivity contribution in [3.05, 3.63) is 82.0 Å². The van der Waals surface area contributed by atoms with Crippen LogP contribution in [-0.4, -0.2) is 9.97 Å². The molecule has 0 saturated heterocycles. The Kier molecular flexibility index (Phi) is 4.20. The number of benzene rings is 2. The maximum absolute atomic E-state index is 12.2. The first-order valence-corrected chi connectivity index (χ1v) is 8.64. The van der Waals surface area contributed by atoms with E-state index in [9.17, 15) is 4.79 Å². The third kappa shape index (κ3) is 3.31. The summed E-state index contributed by atoms with van der Waals surface area (Å²) in [5.74, 6) is 0.556. The number of nitrogens with zero attached hydrogens (tertiary/aromatic N) is 2. The number of hydrogen-bond donors (Lipinski definition) is 0. The molecule has 0 saturated carbocycles. The first-order valence-electron chi connectivity index (χ1n) is 8.64. The van der Waals surface area contributed by atoms with Gasteiger partial charge in [-0.2, -0.15) is 0 Å². The van der Waals surface area contributed by atoms with E-state index in [4.69, 9.17) is 9.15 Å². The molecule has 2 heterocycles. The number of fused-ring (bicyclic) bond motifs is 1. The van der Waals surface area contributed by atoms with E-state index in [0.29, 0.717) is 11.3 Å². The van der Waals surface area contributed by atoms with E-state index in [1.807, 2.05) is 69.3 Å². The molecule has 2 aromatic heterocycles. The van der Waals surface area contributed by atoms with Gasteiger partial charge < -0.3 is 9.15 Å². The molecule has 4 rings (SSSR count). The minimum absolute atomic E-state index is 0.275. The molecule has 0 aliphatic carbocycles. The second-order valence-electron chi connectivity index (χ2n) is 6.45. The lowest BCUT2D eigenvalue weighted by atomic mass is 10.0. The van der Waals surface area contributed by atoms with Crippen molar-refractivity contribution in [3.8, 4) is 22.9 Å². The molecule has 0 aliphatic rings. The molecule has 4 aromatic rings. The highest BCUT2D eigenvalue weighted by molar-refractivity contribution is 5.95. The first-order chi connectivity index (χ1) is 13.0. The molecule has 5 heteroatoms. The van der Waals surface area contributed by atoms with Gasteiger partial charge >= 0.3 is 11.6 Å². The number of aromatic nitrogens is 2. The number of hydrogen-bond acceptors (Lipinski definition) is 5. The lowest BCUT2D eigenvalue weighted by Gasteiger charge is -2.12. The van der Waals surface area contributed by atoms with Gasteiger partial charge in [-0.1, -0.05) is 30.3 Å². The molecule has 0 aliphatic heterocycles. The maximum atomic E-state index is 12.2. The lowest BCUT2D eigenvalue weighted by Crippen LogP contribution is -2.01. The van der Waals surface area contributed by atoms with Crippen LogP contribution in [0.5, 0.6) is 11.8 Å². The van der Waals surface area contributed by atoms with Crippen LogP contribution >= 0.6 is 0 Å². The Labute approximate surface area is 156 Å². The summed E-state index contributed by atoms with van der Waals surface area (Å²) in [6.07, 6.45) is 0. The fraction of sp³-hybridized carbons (Fsp3) is 0.136. The van der Waals surface area contributed by atoms with Gasteiger partial charge in [-0.25, -0.2) is 14.8 Å². The zero-order valence-electron chi connectivity index (χ0n) is 15.3. The normalized spacial score (nSPS) is 10.9. The predicted octanol–water partition coefficient (Wildman–Crippen LogP) is 4.97. The topological polar surface area (TPSA) is 65.2 Å². The summed E-state index contributed by atoms with van der Waals surface area (Å²) in [6, 6.07) is 17.2. The molecule has 134 valence electrons. The summed E-state index contributed by atoms with van der Waals surface area (Å²) >= 11 is 0. The molecule has 0 amide bonds. The summed E-state index contributed by atoms with van der Waals surface area (Å²) < 4.78 is 11.4. The summed E-state index contributed by atoms with van der Waals surface area (Å²) in [5.41, 5.74) is 4.28. The van der Waals surface area contributed by atoms with Crippen molar-refractivity contribution in [1.29, 1.82) is 0 Å². The van der Waals surface area contributed by atoms with E-state index >= 15 is 0 Å². The Balaban J connectivity index is 1.86. The summed E-state index contributed by atoms with van der Waals surface area (Å²) in [7, 11) is 0. The van der Waals surface area contributed by atoms with Crippen LogP contribution in [0.15, 0.2) is 63.8 Å². The first kappa shape index (κ1) is 17.0. The zero-order valence-corrected chi connectivity index (χ0v) is 15.3. The second-order valence-corrected chi connectivity index (χ2v) is 6.45. The van der Waals surface area contributed by atoms with Gasteiger partial charge in [0.05, 0.1) is 0 Å². The Morgan fingerprint density at radius 2 is 1.59 bits per heavy atom. The summed E-state index contributed by atoms with van der Waals surface area (Å²) in [6.45, 7) is 5.64. The van der Waals surface area contributed by atoms with Crippen molar-refractivity contribution >= 4 is 11.0 Å². The standard InChI is InChI=1S/C22H18N2O3/c1-13-11-14(2)24-22(23-13)26-19-10-9-17-18(16-7-5-4-6-8-16)12-20(25)27-21(17)15(19)3/h4-12H,1-3H3. The average molecular weight is 358 g/mol. The molecule has 0 bridgehead atoms. The lowest BCUT2D eigenvalue weighted by molar-refractivity contribution is 0.434. The molecular formula is C22H18N2O3. The molecule has 0 radical (unpaired) electrons. The predicted molar refractivity (Wildman–Crippen MR) is 104 cm³/mol. The molecule has 0 spiro atoms. The van der Waals surface area contributed by atoms with Gasteiger partial charge in [0.1, 0.15) is 11.3 Å². The highest BCUT2D eigenvalue weighted by atomic mass is 16.5. The van der Waals surface area contributed by atoms with Gasteiger partial charge in [0.15, 0.2) is 0 Å². The van der Waals surface area contributed by atoms with Gasteiger partial charge in [0, 0.05) is 28.4 Å². The minimum atomic E-state index is -0.399. The maximum Gasteiger partial charge on any atom is 0.336 e. The van der Waals surface area contributed by atoms with Gasteiger partial charge in [-0.05, 0) is 50.1 Å². The van der Waals surface area contributed by atoms with Gasteiger partial charge in [-0.3, -0.25) is 0 Å².